The number of hydrogen-bond acceptors (Lipinski definition) is 5. The summed E-state index contributed by atoms with van der Waals surface area (Å²) in [5.74, 6) is 2.02. The SMILES string of the molecule is COc1cc2sc(=NC(=O)c3cccc(C)c3)n(CCSC)c2cc1OC. The van der Waals surface area contributed by atoms with Gasteiger partial charge in [-0.2, -0.15) is 16.8 Å². The minimum absolute atomic E-state index is 0.234. The number of hydrogen-bond donors (Lipinski definition) is 0. The lowest BCUT2D eigenvalue weighted by Gasteiger charge is -2.09. The number of aromatic nitrogens is 1. The summed E-state index contributed by atoms with van der Waals surface area (Å²) in [6, 6.07) is 11.4. The number of fused-ring (bicyclic) bond motifs is 1. The Morgan fingerprint density at radius 1 is 1.19 bits per heavy atom. The van der Waals surface area contributed by atoms with Gasteiger partial charge in [-0.05, 0) is 25.3 Å². The van der Waals surface area contributed by atoms with Crippen molar-refractivity contribution in [3.63, 3.8) is 0 Å². The van der Waals surface area contributed by atoms with Gasteiger partial charge >= 0.3 is 0 Å². The first-order valence-corrected chi connectivity index (χ1v) is 10.7. The Kier molecular flexibility index (Phi) is 6.23. The van der Waals surface area contributed by atoms with Crippen LogP contribution >= 0.6 is 23.1 Å². The standard InChI is InChI=1S/C20H22N2O3S2/c1-13-6-5-7-14(10-13)19(23)21-20-22(8-9-26-4)15-11-16(24-2)17(25-3)12-18(15)27-20/h5-7,10-12H,8-9H2,1-4H3. The van der Waals surface area contributed by atoms with Crippen molar-refractivity contribution < 1.29 is 14.3 Å². The lowest BCUT2D eigenvalue weighted by atomic mass is 10.1. The Labute approximate surface area is 166 Å². The van der Waals surface area contributed by atoms with Crippen LogP contribution in [0.5, 0.6) is 11.5 Å². The molecule has 5 nitrogen and oxygen atoms in total. The third-order valence-electron chi connectivity index (χ3n) is 4.17. The summed E-state index contributed by atoms with van der Waals surface area (Å²) < 4.78 is 13.9. The molecular weight excluding hydrogens is 380 g/mol. The molecular formula is C20H22N2O3S2. The fourth-order valence-electron chi connectivity index (χ4n) is 2.81. The van der Waals surface area contributed by atoms with Crippen LogP contribution in [0.25, 0.3) is 10.2 Å². The zero-order valence-corrected chi connectivity index (χ0v) is 17.4. The summed E-state index contributed by atoms with van der Waals surface area (Å²) >= 11 is 3.23. The highest BCUT2D eigenvalue weighted by molar-refractivity contribution is 7.98. The number of thiazole rings is 1. The van der Waals surface area contributed by atoms with E-state index in [1.54, 1.807) is 32.0 Å². The van der Waals surface area contributed by atoms with E-state index >= 15 is 0 Å². The second-order valence-corrected chi connectivity index (χ2v) is 7.99. The normalized spacial score (nSPS) is 11.8. The van der Waals surface area contributed by atoms with Crippen molar-refractivity contribution in [2.75, 3.05) is 26.2 Å². The molecule has 1 amide bonds. The quantitative estimate of drug-likeness (QED) is 0.622. The molecule has 0 saturated carbocycles. The molecule has 0 aliphatic heterocycles. The fraction of sp³-hybridized carbons (Fsp3) is 0.300. The maximum atomic E-state index is 12.7. The number of amides is 1. The van der Waals surface area contributed by atoms with Crippen LogP contribution in [0.4, 0.5) is 0 Å². The molecule has 0 unspecified atom stereocenters. The van der Waals surface area contributed by atoms with Gasteiger partial charge in [0, 0.05) is 30.0 Å². The molecule has 27 heavy (non-hydrogen) atoms. The highest BCUT2D eigenvalue weighted by Gasteiger charge is 2.13. The summed E-state index contributed by atoms with van der Waals surface area (Å²) in [7, 11) is 3.24. The predicted molar refractivity (Wildman–Crippen MR) is 112 cm³/mol. The van der Waals surface area contributed by atoms with Gasteiger partial charge in [-0.25, -0.2) is 0 Å². The third-order valence-corrected chi connectivity index (χ3v) is 5.80. The van der Waals surface area contributed by atoms with E-state index in [1.165, 1.54) is 11.3 Å². The van der Waals surface area contributed by atoms with E-state index in [1.807, 2.05) is 37.3 Å². The van der Waals surface area contributed by atoms with Crippen LogP contribution in [0.3, 0.4) is 0 Å². The average molecular weight is 403 g/mol. The summed E-state index contributed by atoms with van der Waals surface area (Å²) in [4.78, 5) is 17.8. The number of ether oxygens (including phenoxy) is 2. The van der Waals surface area contributed by atoms with Gasteiger partial charge in [0.25, 0.3) is 5.91 Å². The number of nitrogens with zero attached hydrogens (tertiary/aromatic N) is 2. The number of methoxy groups -OCH3 is 2. The Hall–Kier alpha value is -2.25. The lowest BCUT2D eigenvalue weighted by molar-refractivity contribution is 0.0998. The summed E-state index contributed by atoms with van der Waals surface area (Å²) in [5, 5.41) is 0. The number of aryl methyl sites for hydroxylation is 2. The number of rotatable bonds is 6. The maximum absolute atomic E-state index is 12.7. The first-order chi connectivity index (χ1) is 13.1. The molecule has 142 valence electrons. The largest absolute Gasteiger partial charge is 0.493 e. The molecule has 0 aliphatic carbocycles. The molecule has 0 N–H and O–H groups in total. The van der Waals surface area contributed by atoms with Crippen LogP contribution in [-0.4, -0.2) is 36.7 Å². The van der Waals surface area contributed by atoms with Crippen molar-refractivity contribution in [1.82, 2.24) is 4.57 Å². The Morgan fingerprint density at radius 3 is 2.59 bits per heavy atom. The van der Waals surface area contributed by atoms with Crippen LogP contribution in [0, 0.1) is 6.92 Å². The topological polar surface area (TPSA) is 52.8 Å². The minimum Gasteiger partial charge on any atom is -0.493 e. The van der Waals surface area contributed by atoms with Crippen molar-refractivity contribution in [1.29, 1.82) is 0 Å². The van der Waals surface area contributed by atoms with Crippen molar-refractivity contribution in [2.24, 2.45) is 4.99 Å². The van der Waals surface area contributed by atoms with Crippen molar-refractivity contribution in [2.45, 2.75) is 13.5 Å². The third kappa shape index (κ3) is 4.20. The van der Waals surface area contributed by atoms with E-state index in [9.17, 15) is 4.79 Å². The lowest BCUT2D eigenvalue weighted by Crippen LogP contribution is -2.18. The molecule has 0 fully saturated rings. The zero-order chi connectivity index (χ0) is 19.4. The van der Waals surface area contributed by atoms with E-state index < -0.39 is 0 Å². The first-order valence-electron chi connectivity index (χ1n) is 8.47. The van der Waals surface area contributed by atoms with E-state index in [0.717, 1.165) is 28.1 Å². The highest BCUT2D eigenvalue weighted by Crippen LogP contribution is 2.33. The monoisotopic (exact) mass is 402 g/mol. The molecule has 7 heteroatoms. The number of benzene rings is 2. The van der Waals surface area contributed by atoms with Crippen LogP contribution in [0.15, 0.2) is 41.4 Å². The Bertz CT molecular complexity index is 1040. The average Bonchev–Trinajstić information content (AvgIpc) is 3.00. The fourth-order valence-corrected chi connectivity index (χ4v) is 4.24. The van der Waals surface area contributed by atoms with E-state index in [4.69, 9.17) is 9.47 Å². The molecule has 3 rings (SSSR count). The van der Waals surface area contributed by atoms with Gasteiger partial charge < -0.3 is 14.0 Å². The van der Waals surface area contributed by atoms with Crippen LogP contribution in [0.2, 0.25) is 0 Å². The Morgan fingerprint density at radius 2 is 1.93 bits per heavy atom. The number of thioether (sulfide) groups is 1. The first kappa shape index (κ1) is 19.5. The molecule has 2 aromatic carbocycles. The van der Waals surface area contributed by atoms with Crippen molar-refractivity contribution in [3.8, 4) is 11.5 Å². The molecule has 1 aromatic heterocycles. The molecule has 0 atom stereocenters. The number of carbonyl (C=O) groups excluding carboxylic acids is 1. The Balaban J connectivity index is 2.16. The molecule has 0 radical (unpaired) electrons. The molecule has 0 aliphatic rings. The molecule has 0 bridgehead atoms. The van der Waals surface area contributed by atoms with Crippen LogP contribution < -0.4 is 14.3 Å². The second-order valence-electron chi connectivity index (χ2n) is 5.99. The molecule has 3 aromatic rings. The molecule has 0 spiro atoms. The van der Waals surface area contributed by atoms with Gasteiger partial charge in [0.15, 0.2) is 16.3 Å². The summed E-state index contributed by atoms with van der Waals surface area (Å²) in [6.45, 7) is 2.73. The second kappa shape index (κ2) is 8.63. The van der Waals surface area contributed by atoms with Gasteiger partial charge in [-0.3, -0.25) is 4.79 Å². The van der Waals surface area contributed by atoms with Gasteiger partial charge in [0.05, 0.1) is 24.4 Å². The van der Waals surface area contributed by atoms with Crippen molar-refractivity contribution >= 4 is 39.2 Å². The molecule has 0 saturated heterocycles. The zero-order valence-electron chi connectivity index (χ0n) is 15.8. The minimum atomic E-state index is -0.234. The van der Waals surface area contributed by atoms with E-state index in [0.29, 0.717) is 21.9 Å². The van der Waals surface area contributed by atoms with Crippen LogP contribution in [0.1, 0.15) is 15.9 Å². The van der Waals surface area contributed by atoms with Gasteiger partial charge in [-0.15, -0.1) is 0 Å². The van der Waals surface area contributed by atoms with Gasteiger partial charge in [0.2, 0.25) is 0 Å². The molecule has 1 heterocycles. The summed E-state index contributed by atoms with van der Waals surface area (Å²) in [6.07, 6.45) is 2.06. The van der Waals surface area contributed by atoms with Crippen molar-refractivity contribution in [3.05, 3.63) is 52.3 Å². The summed E-state index contributed by atoms with van der Waals surface area (Å²) in [5.41, 5.74) is 2.62. The number of carbonyl (C=O) groups is 1. The maximum Gasteiger partial charge on any atom is 0.279 e. The van der Waals surface area contributed by atoms with E-state index in [2.05, 4.69) is 15.8 Å². The predicted octanol–water partition coefficient (Wildman–Crippen LogP) is 4.13. The van der Waals surface area contributed by atoms with Gasteiger partial charge in [-0.1, -0.05) is 29.0 Å². The smallest absolute Gasteiger partial charge is 0.279 e. The highest BCUT2D eigenvalue weighted by atomic mass is 32.2. The van der Waals surface area contributed by atoms with Crippen LogP contribution in [-0.2, 0) is 6.54 Å². The van der Waals surface area contributed by atoms with E-state index in [-0.39, 0.29) is 5.91 Å². The van der Waals surface area contributed by atoms with Gasteiger partial charge in [0.1, 0.15) is 0 Å².